The Kier molecular flexibility index (Phi) is 6.88. The first-order valence-electron chi connectivity index (χ1n) is 11.0. The number of halogens is 2. The van der Waals surface area contributed by atoms with Gasteiger partial charge in [0.15, 0.2) is 0 Å². The maximum absolute atomic E-state index is 4.56. The predicted octanol–water partition coefficient (Wildman–Crippen LogP) is 7.69. The van der Waals surface area contributed by atoms with Crippen molar-refractivity contribution in [2.24, 2.45) is 0 Å². The zero-order valence-electron chi connectivity index (χ0n) is 18.4. The van der Waals surface area contributed by atoms with Crippen LogP contribution in [0.1, 0.15) is 11.1 Å². The quantitative estimate of drug-likeness (QED) is 0.217. The van der Waals surface area contributed by atoms with Crippen LogP contribution in [0.5, 0.6) is 0 Å². The molecule has 0 aliphatic carbocycles. The molecule has 0 bridgehead atoms. The van der Waals surface area contributed by atoms with Crippen LogP contribution in [0.3, 0.4) is 0 Å². The Morgan fingerprint density at radius 2 is 1.24 bits per heavy atom. The van der Waals surface area contributed by atoms with E-state index in [1.807, 2.05) is 58.0 Å². The average Bonchev–Trinajstić information content (AvgIpc) is 3.46. The van der Waals surface area contributed by atoms with Crippen LogP contribution in [0, 0.1) is 0 Å². The number of aromatic nitrogens is 4. The van der Waals surface area contributed by atoms with Crippen LogP contribution in [0.25, 0.3) is 21.8 Å². The van der Waals surface area contributed by atoms with Crippen LogP contribution in [0.15, 0.2) is 118 Å². The zero-order chi connectivity index (χ0) is 23.3. The van der Waals surface area contributed by atoms with Gasteiger partial charge in [-0.05, 0) is 35.4 Å². The minimum atomic E-state index is 0.806. The molecule has 0 saturated carbocycles. The SMILES string of the molecule is Brc1cccc2c1cnn2Cc1ccccc1.Brc1cccc2nn(Cc3ccccc3)cc12. The maximum atomic E-state index is 4.56. The van der Waals surface area contributed by atoms with E-state index < -0.39 is 0 Å². The summed E-state index contributed by atoms with van der Waals surface area (Å²) in [6.07, 6.45) is 3.98. The molecule has 6 rings (SSSR count). The normalized spacial score (nSPS) is 10.9. The van der Waals surface area contributed by atoms with E-state index in [1.54, 1.807) is 0 Å². The monoisotopic (exact) mass is 572 g/mol. The molecular weight excluding hydrogens is 552 g/mol. The smallest absolute Gasteiger partial charge is 0.0934 e. The molecule has 0 N–H and O–H groups in total. The summed E-state index contributed by atoms with van der Waals surface area (Å²) in [6.45, 7) is 1.61. The van der Waals surface area contributed by atoms with Crippen LogP contribution in [-0.4, -0.2) is 19.6 Å². The van der Waals surface area contributed by atoms with Gasteiger partial charge in [0.1, 0.15) is 0 Å². The summed E-state index contributed by atoms with van der Waals surface area (Å²) < 4.78 is 6.18. The standard InChI is InChI=1S/2C14H11BrN2/c15-13-7-4-8-14-12(13)9-16-17(14)10-11-5-2-1-3-6-11;15-13-7-4-8-14-12(13)10-17(16-14)9-11-5-2-1-3-6-11/h1-9H,10H2;1-8,10H,9H2. The first kappa shape index (κ1) is 22.6. The molecule has 0 aliphatic rings. The van der Waals surface area contributed by atoms with E-state index in [1.165, 1.54) is 11.1 Å². The summed E-state index contributed by atoms with van der Waals surface area (Å²) in [5, 5.41) is 11.3. The lowest BCUT2D eigenvalue weighted by molar-refractivity contribution is 0.696. The van der Waals surface area contributed by atoms with E-state index >= 15 is 0 Å². The molecule has 0 aliphatic heterocycles. The Labute approximate surface area is 215 Å². The molecule has 0 saturated heterocycles. The van der Waals surface area contributed by atoms with E-state index in [2.05, 4.69) is 103 Å². The van der Waals surface area contributed by atoms with Crippen molar-refractivity contribution in [1.29, 1.82) is 0 Å². The average molecular weight is 574 g/mol. The molecule has 4 aromatic carbocycles. The molecule has 4 nitrogen and oxygen atoms in total. The molecule has 0 amide bonds. The summed E-state index contributed by atoms with van der Waals surface area (Å²) in [7, 11) is 0. The summed E-state index contributed by atoms with van der Waals surface area (Å²) in [6, 6.07) is 33.0. The van der Waals surface area contributed by atoms with Gasteiger partial charge in [-0.25, -0.2) is 0 Å². The molecule has 0 atom stereocenters. The van der Waals surface area contributed by atoms with E-state index in [0.29, 0.717) is 0 Å². The Morgan fingerprint density at radius 1 is 0.618 bits per heavy atom. The second kappa shape index (κ2) is 10.4. The molecule has 6 aromatic rings. The summed E-state index contributed by atoms with van der Waals surface area (Å²) in [5.41, 5.74) is 4.70. The number of hydrogen-bond donors (Lipinski definition) is 0. The Morgan fingerprint density at radius 3 is 1.91 bits per heavy atom. The Balaban J connectivity index is 0.000000142. The van der Waals surface area contributed by atoms with Gasteiger partial charge < -0.3 is 0 Å². The minimum absolute atomic E-state index is 0.806. The van der Waals surface area contributed by atoms with E-state index in [-0.39, 0.29) is 0 Å². The number of benzene rings is 4. The van der Waals surface area contributed by atoms with Crippen molar-refractivity contribution in [2.75, 3.05) is 0 Å². The van der Waals surface area contributed by atoms with Crippen LogP contribution < -0.4 is 0 Å². The molecule has 0 unspecified atom stereocenters. The zero-order valence-corrected chi connectivity index (χ0v) is 21.5. The van der Waals surface area contributed by atoms with Gasteiger partial charge in [0, 0.05) is 25.9 Å². The van der Waals surface area contributed by atoms with Crippen LogP contribution in [0.4, 0.5) is 0 Å². The molecule has 0 radical (unpaired) electrons. The third kappa shape index (κ3) is 5.13. The summed E-state index contributed by atoms with van der Waals surface area (Å²) in [5.74, 6) is 0. The van der Waals surface area contributed by atoms with Crippen molar-refractivity contribution in [3.8, 4) is 0 Å². The molecule has 2 heterocycles. The lowest BCUT2D eigenvalue weighted by atomic mass is 10.2. The Bertz CT molecular complexity index is 1510. The minimum Gasteiger partial charge on any atom is -0.267 e. The van der Waals surface area contributed by atoms with Crippen molar-refractivity contribution in [1.82, 2.24) is 19.6 Å². The highest BCUT2D eigenvalue weighted by molar-refractivity contribution is 9.11. The topological polar surface area (TPSA) is 35.6 Å². The van der Waals surface area contributed by atoms with Gasteiger partial charge in [-0.1, -0.05) is 105 Å². The van der Waals surface area contributed by atoms with E-state index in [0.717, 1.165) is 43.8 Å². The fourth-order valence-corrected chi connectivity index (χ4v) is 4.78. The molecule has 2 aromatic heterocycles. The van der Waals surface area contributed by atoms with Crippen LogP contribution >= 0.6 is 31.9 Å². The molecule has 34 heavy (non-hydrogen) atoms. The summed E-state index contributed by atoms with van der Waals surface area (Å²) >= 11 is 7.08. The lowest BCUT2D eigenvalue weighted by Gasteiger charge is -2.03. The highest BCUT2D eigenvalue weighted by Crippen LogP contribution is 2.24. The van der Waals surface area contributed by atoms with Crippen molar-refractivity contribution < 1.29 is 0 Å². The Hall–Kier alpha value is -3.22. The fourth-order valence-electron chi connectivity index (χ4n) is 3.86. The van der Waals surface area contributed by atoms with Gasteiger partial charge >= 0.3 is 0 Å². The maximum Gasteiger partial charge on any atom is 0.0934 e. The van der Waals surface area contributed by atoms with Gasteiger partial charge in [-0.2, -0.15) is 10.2 Å². The van der Waals surface area contributed by atoms with Gasteiger partial charge in [0.05, 0.1) is 30.3 Å². The highest BCUT2D eigenvalue weighted by Gasteiger charge is 2.05. The number of rotatable bonds is 4. The summed E-state index contributed by atoms with van der Waals surface area (Å²) in [4.78, 5) is 0. The van der Waals surface area contributed by atoms with Crippen molar-refractivity contribution in [3.05, 3.63) is 130 Å². The van der Waals surface area contributed by atoms with Gasteiger partial charge in [0.2, 0.25) is 0 Å². The predicted molar refractivity (Wildman–Crippen MR) is 146 cm³/mol. The third-order valence-corrected chi connectivity index (χ3v) is 6.92. The second-order valence-electron chi connectivity index (χ2n) is 7.95. The van der Waals surface area contributed by atoms with Crippen molar-refractivity contribution in [3.63, 3.8) is 0 Å². The largest absolute Gasteiger partial charge is 0.267 e. The van der Waals surface area contributed by atoms with Crippen LogP contribution in [-0.2, 0) is 13.1 Å². The molecule has 0 spiro atoms. The second-order valence-corrected chi connectivity index (χ2v) is 9.65. The number of fused-ring (bicyclic) bond motifs is 2. The van der Waals surface area contributed by atoms with Gasteiger partial charge in [-0.3, -0.25) is 9.36 Å². The van der Waals surface area contributed by atoms with Crippen molar-refractivity contribution >= 4 is 53.7 Å². The molecule has 0 fully saturated rings. The lowest BCUT2D eigenvalue weighted by Crippen LogP contribution is -2.00. The first-order valence-corrected chi connectivity index (χ1v) is 12.6. The number of nitrogens with zero attached hydrogens (tertiary/aromatic N) is 4. The molecule has 6 heteroatoms. The fraction of sp³-hybridized carbons (Fsp3) is 0.0714. The third-order valence-electron chi connectivity index (χ3n) is 5.54. The van der Waals surface area contributed by atoms with E-state index in [9.17, 15) is 0 Å². The first-order chi connectivity index (χ1) is 16.7. The van der Waals surface area contributed by atoms with E-state index in [4.69, 9.17) is 0 Å². The number of hydrogen-bond acceptors (Lipinski definition) is 2. The molecule has 168 valence electrons. The highest BCUT2D eigenvalue weighted by atomic mass is 79.9. The van der Waals surface area contributed by atoms with Crippen LogP contribution in [0.2, 0.25) is 0 Å². The van der Waals surface area contributed by atoms with Crippen molar-refractivity contribution in [2.45, 2.75) is 13.1 Å². The molecular formula is C28H22Br2N4. The van der Waals surface area contributed by atoms with Gasteiger partial charge in [-0.15, -0.1) is 0 Å². The van der Waals surface area contributed by atoms with Gasteiger partial charge in [0.25, 0.3) is 0 Å².